The summed E-state index contributed by atoms with van der Waals surface area (Å²) in [6, 6.07) is 0. The zero-order chi connectivity index (χ0) is 21.4. The molecular weight excluding hydrogens is 378 g/mol. The highest BCUT2D eigenvalue weighted by atomic mass is 32.2. The second-order valence-electron chi connectivity index (χ2n) is 7.52. The van der Waals surface area contributed by atoms with E-state index in [1.807, 2.05) is 13.8 Å². The second-order valence-corrected chi connectivity index (χ2v) is 8.63. The average Bonchev–Trinajstić information content (AvgIpc) is 2.64. The number of ether oxygens (including phenoxy) is 2. The summed E-state index contributed by atoms with van der Waals surface area (Å²) in [6.45, 7) is 11.5. The van der Waals surface area contributed by atoms with Gasteiger partial charge in [0.2, 0.25) is 5.91 Å². The number of carbonyl (C=O) groups is 3. The fraction of sp³-hybridized carbons (Fsp3) is 0.762. The van der Waals surface area contributed by atoms with E-state index in [9.17, 15) is 14.4 Å². The van der Waals surface area contributed by atoms with Crippen LogP contribution in [0.4, 0.5) is 0 Å². The molecule has 6 nitrogen and oxygen atoms in total. The van der Waals surface area contributed by atoms with Crippen LogP contribution in [0.2, 0.25) is 0 Å². The molecule has 0 saturated carbocycles. The van der Waals surface area contributed by atoms with Crippen molar-refractivity contribution in [2.24, 2.45) is 5.41 Å². The number of hydrogen-bond donors (Lipinski definition) is 1. The number of rotatable bonds is 16. The normalized spacial score (nSPS) is 11.0. The highest BCUT2D eigenvalue weighted by molar-refractivity contribution is 7.99. The Balaban J connectivity index is 3.79. The van der Waals surface area contributed by atoms with Gasteiger partial charge in [0.05, 0.1) is 12.0 Å². The molecule has 0 aromatic heterocycles. The van der Waals surface area contributed by atoms with Gasteiger partial charge in [0.1, 0.15) is 13.2 Å². The van der Waals surface area contributed by atoms with E-state index in [-0.39, 0.29) is 25.0 Å². The Bertz CT molecular complexity index is 505. The third kappa shape index (κ3) is 13.6. The molecule has 0 heterocycles. The number of hydrogen-bond acceptors (Lipinski definition) is 6. The first kappa shape index (κ1) is 26.5. The molecule has 0 aromatic rings. The van der Waals surface area contributed by atoms with Gasteiger partial charge >= 0.3 is 11.9 Å². The Morgan fingerprint density at radius 1 is 1.00 bits per heavy atom. The van der Waals surface area contributed by atoms with E-state index in [0.717, 1.165) is 12.8 Å². The first-order chi connectivity index (χ1) is 13.2. The maximum atomic E-state index is 12.2. The number of thioether (sulfide) groups is 1. The highest BCUT2D eigenvalue weighted by Gasteiger charge is 2.29. The minimum Gasteiger partial charge on any atom is -0.465 e. The fourth-order valence-corrected chi connectivity index (χ4v) is 3.17. The summed E-state index contributed by atoms with van der Waals surface area (Å²) in [5, 5.41) is 2.42. The lowest BCUT2D eigenvalue weighted by atomic mass is 9.97. The Kier molecular flexibility index (Phi) is 14.6. The van der Waals surface area contributed by atoms with Gasteiger partial charge in [-0.25, -0.2) is 0 Å². The monoisotopic (exact) mass is 415 g/mol. The van der Waals surface area contributed by atoms with Gasteiger partial charge in [0.25, 0.3) is 0 Å². The van der Waals surface area contributed by atoms with Gasteiger partial charge < -0.3 is 14.8 Å². The van der Waals surface area contributed by atoms with Crippen LogP contribution in [-0.4, -0.2) is 49.1 Å². The molecule has 7 heteroatoms. The van der Waals surface area contributed by atoms with Crippen LogP contribution < -0.4 is 5.32 Å². The maximum absolute atomic E-state index is 12.2. The van der Waals surface area contributed by atoms with Crippen LogP contribution in [0.3, 0.4) is 0 Å². The van der Waals surface area contributed by atoms with Gasteiger partial charge in [-0.2, -0.15) is 11.8 Å². The number of amides is 1. The predicted octanol–water partition coefficient (Wildman–Crippen LogP) is 3.89. The molecule has 0 aliphatic heterocycles. The van der Waals surface area contributed by atoms with Crippen molar-refractivity contribution in [3.05, 3.63) is 12.2 Å². The van der Waals surface area contributed by atoms with Crippen molar-refractivity contribution in [2.45, 2.75) is 66.2 Å². The Morgan fingerprint density at radius 3 is 2.29 bits per heavy atom. The Hall–Kier alpha value is -1.50. The van der Waals surface area contributed by atoms with Crippen molar-refractivity contribution in [3.63, 3.8) is 0 Å². The van der Waals surface area contributed by atoms with Crippen LogP contribution in [0.25, 0.3) is 0 Å². The van der Waals surface area contributed by atoms with Gasteiger partial charge in [-0.1, -0.05) is 45.6 Å². The van der Waals surface area contributed by atoms with E-state index < -0.39 is 11.4 Å². The molecule has 0 spiro atoms. The number of unbranched alkanes of at least 4 members (excludes halogenated alkanes) is 5. The van der Waals surface area contributed by atoms with E-state index in [2.05, 4.69) is 18.8 Å². The molecule has 0 aliphatic carbocycles. The summed E-state index contributed by atoms with van der Waals surface area (Å²) < 4.78 is 10.4. The summed E-state index contributed by atoms with van der Waals surface area (Å²) in [6.07, 6.45) is 6.95. The molecule has 0 atom stereocenters. The maximum Gasteiger partial charge on any atom is 0.325 e. The van der Waals surface area contributed by atoms with Crippen molar-refractivity contribution < 1.29 is 23.9 Å². The Labute approximate surface area is 174 Å². The standard InChI is InChI=1S/C21H37NO5S/c1-6-7-8-9-10-11-12-27-20(25)21(4,5)16-28-14-13-26-18(23)15-22-19(24)17(2)3/h2,6-16H2,1,3-5H3,(H,22,24). The first-order valence-corrected chi connectivity index (χ1v) is 11.2. The molecular formula is C21H37NO5S. The average molecular weight is 416 g/mol. The summed E-state index contributed by atoms with van der Waals surface area (Å²) in [5.74, 6) is 0.119. The van der Waals surface area contributed by atoms with Crippen molar-refractivity contribution in [2.75, 3.05) is 31.3 Å². The van der Waals surface area contributed by atoms with Crippen LogP contribution >= 0.6 is 11.8 Å². The summed E-state index contributed by atoms with van der Waals surface area (Å²) in [7, 11) is 0. The summed E-state index contributed by atoms with van der Waals surface area (Å²) in [4.78, 5) is 35.0. The first-order valence-electron chi connectivity index (χ1n) is 10.0. The van der Waals surface area contributed by atoms with Crippen LogP contribution in [0.1, 0.15) is 66.2 Å². The second kappa shape index (κ2) is 15.4. The zero-order valence-electron chi connectivity index (χ0n) is 17.9. The lowest BCUT2D eigenvalue weighted by Crippen LogP contribution is -2.31. The van der Waals surface area contributed by atoms with Crippen molar-refractivity contribution >= 4 is 29.6 Å². The molecule has 0 aromatic carbocycles. The van der Waals surface area contributed by atoms with Gasteiger partial charge in [0.15, 0.2) is 0 Å². The van der Waals surface area contributed by atoms with Gasteiger partial charge in [-0.15, -0.1) is 0 Å². The van der Waals surface area contributed by atoms with Crippen molar-refractivity contribution in [1.82, 2.24) is 5.32 Å². The van der Waals surface area contributed by atoms with E-state index in [1.54, 1.807) is 6.92 Å². The third-order valence-corrected chi connectivity index (χ3v) is 5.40. The Morgan fingerprint density at radius 2 is 1.64 bits per heavy atom. The molecule has 0 bridgehead atoms. The number of esters is 2. The van der Waals surface area contributed by atoms with E-state index in [1.165, 1.54) is 37.4 Å². The smallest absolute Gasteiger partial charge is 0.325 e. The molecule has 0 radical (unpaired) electrons. The topological polar surface area (TPSA) is 81.7 Å². The number of nitrogens with one attached hydrogen (secondary N) is 1. The summed E-state index contributed by atoms with van der Waals surface area (Å²) >= 11 is 1.53. The molecule has 162 valence electrons. The van der Waals surface area contributed by atoms with Gasteiger partial charge in [-0.3, -0.25) is 14.4 Å². The minimum atomic E-state index is -0.577. The molecule has 0 rings (SSSR count). The van der Waals surface area contributed by atoms with Crippen LogP contribution in [0.5, 0.6) is 0 Å². The molecule has 0 aliphatic rings. The van der Waals surface area contributed by atoms with Gasteiger partial charge in [0, 0.05) is 17.1 Å². The SMILES string of the molecule is C=C(C)C(=O)NCC(=O)OCCSCC(C)(C)C(=O)OCCCCCCCC. The molecule has 0 saturated heterocycles. The van der Waals surface area contributed by atoms with E-state index in [4.69, 9.17) is 9.47 Å². The van der Waals surface area contributed by atoms with Crippen LogP contribution in [-0.2, 0) is 23.9 Å². The minimum absolute atomic E-state index is 0.174. The van der Waals surface area contributed by atoms with Gasteiger partial charge in [-0.05, 0) is 27.2 Å². The largest absolute Gasteiger partial charge is 0.465 e. The van der Waals surface area contributed by atoms with Crippen molar-refractivity contribution in [1.29, 1.82) is 0 Å². The molecule has 1 amide bonds. The van der Waals surface area contributed by atoms with Crippen molar-refractivity contribution in [3.8, 4) is 0 Å². The van der Waals surface area contributed by atoms with E-state index in [0.29, 0.717) is 23.7 Å². The van der Waals surface area contributed by atoms with Crippen LogP contribution in [0, 0.1) is 5.41 Å². The molecule has 28 heavy (non-hydrogen) atoms. The molecule has 0 fully saturated rings. The summed E-state index contributed by atoms with van der Waals surface area (Å²) in [5.41, 5.74) is -0.235. The fourth-order valence-electron chi connectivity index (χ4n) is 2.20. The molecule has 0 unspecified atom stereocenters. The quantitative estimate of drug-likeness (QED) is 0.234. The lowest BCUT2D eigenvalue weighted by molar-refractivity contribution is -0.152. The van der Waals surface area contributed by atoms with E-state index >= 15 is 0 Å². The highest BCUT2D eigenvalue weighted by Crippen LogP contribution is 2.23. The third-order valence-electron chi connectivity index (χ3n) is 4.02. The lowest BCUT2D eigenvalue weighted by Gasteiger charge is -2.22. The molecule has 1 N–H and O–H groups in total. The van der Waals surface area contributed by atoms with Crippen LogP contribution in [0.15, 0.2) is 12.2 Å². The predicted molar refractivity (Wildman–Crippen MR) is 114 cm³/mol. The zero-order valence-corrected chi connectivity index (χ0v) is 18.8. The number of carbonyl (C=O) groups excluding carboxylic acids is 3.